The van der Waals surface area contributed by atoms with E-state index in [0.29, 0.717) is 11.1 Å². The van der Waals surface area contributed by atoms with Gasteiger partial charge in [0.15, 0.2) is 5.17 Å². The normalized spacial score (nSPS) is 18.3. The topological polar surface area (TPSA) is 89.4 Å². The highest BCUT2D eigenvalue weighted by Crippen LogP contribution is 2.23. The highest BCUT2D eigenvalue weighted by Gasteiger charge is 2.24. The zero-order valence-corrected chi connectivity index (χ0v) is 16.0. The summed E-state index contributed by atoms with van der Waals surface area (Å²) in [6, 6.07) is 4.67. The van der Waals surface area contributed by atoms with Crippen LogP contribution in [0.2, 0.25) is 0 Å². The fourth-order valence-corrected chi connectivity index (χ4v) is 2.64. The number of halogens is 1. The SMILES string of the molecule is CCC(C)OCc1ccc(C=N/N=C2/NC(=O)/C(=C\C(=O)OC)S2)cc1F. The number of hydrogen-bond acceptors (Lipinski definition) is 7. The molecule has 27 heavy (non-hydrogen) atoms. The van der Waals surface area contributed by atoms with Gasteiger partial charge in [0.1, 0.15) is 5.82 Å². The second-order valence-corrected chi connectivity index (χ2v) is 6.65. The van der Waals surface area contributed by atoms with Crippen molar-refractivity contribution < 1.29 is 23.5 Å². The second kappa shape index (κ2) is 9.98. The number of amides is 1. The lowest BCUT2D eigenvalue weighted by molar-refractivity contribution is -0.135. The van der Waals surface area contributed by atoms with Gasteiger partial charge in [0.2, 0.25) is 0 Å². The van der Waals surface area contributed by atoms with Gasteiger partial charge in [-0.25, -0.2) is 9.18 Å². The minimum absolute atomic E-state index is 0.0682. The van der Waals surface area contributed by atoms with Crippen molar-refractivity contribution in [3.63, 3.8) is 0 Å². The van der Waals surface area contributed by atoms with Crippen LogP contribution in [0.3, 0.4) is 0 Å². The van der Waals surface area contributed by atoms with Crippen LogP contribution in [0.1, 0.15) is 31.4 Å². The lowest BCUT2D eigenvalue weighted by Crippen LogP contribution is -2.19. The standard InChI is InChI=1S/C18H20FN3O4S/c1-4-11(2)26-10-13-6-5-12(7-14(13)19)9-20-22-18-21-17(24)15(27-18)8-16(23)25-3/h5-9,11H,4,10H2,1-3H3,(H,21,22,24)/b15-8+,20-9?. The molecule has 0 saturated carbocycles. The van der Waals surface area contributed by atoms with Crippen molar-refractivity contribution in [2.45, 2.75) is 33.0 Å². The van der Waals surface area contributed by atoms with Crippen LogP contribution in [-0.2, 0) is 25.7 Å². The van der Waals surface area contributed by atoms with E-state index in [1.807, 2.05) is 13.8 Å². The first-order chi connectivity index (χ1) is 12.9. The Bertz CT molecular complexity index is 808. The molecule has 0 bridgehead atoms. The van der Waals surface area contributed by atoms with Gasteiger partial charge in [0.05, 0.1) is 30.9 Å². The Labute approximate surface area is 160 Å². The molecule has 2 rings (SSSR count). The number of carbonyl (C=O) groups is 2. The van der Waals surface area contributed by atoms with E-state index in [0.717, 1.165) is 24.3 Å². The van der Waals surface area contributed by atoms with Gasteiger partial charge >= 0.3 is 5.97 Å². The number of thioether (sulfide) groups is 1. The Hall–Kier alpha value is -2.52. The van der Waals surface area contributed by atoms with Gasteiger partial charge in [-0.05, 0) is 36.7 Å². The highest BCUT2D eigenvalue weighted by molar-refractivity contribution is 8.18. The fraction of sp³-hybridized carbons (Fsp3) is 0.333. The molecule has 1 aromatic carbocycles. The number of ether oxygens (including phenoxy) is 2. The van der Waals surface area contributed by atoms with E-state index >= 15 is 0 Å². The third kappa shape index (κ3) is 6.30. The van der Waals surface area contributed by atoms with E-state index < -0.39 is 11.9 Å². The first kappa shape index (κ1) is 20.8. The van der Waals surface area contributed by atoms with E-state index in [4.69, 9.17) is 4.74 Å². The average molecular weight is 393 g/mol. The Morgan fingerprint density at radius 1 is 1.44 bits per heavy atom. The summed E-state index contributed by atoms with van der Waals surface area (Å²) in [6.07, 6.45) is 3.36. The quantitative estimate of drug-likeness (QED) is 0.333. The van der Waals surface area contributed by atoms with Crippen molar-refractivity contribution in [3.05, 3.63) is 46.1 Å². The molecule has 1 aliphatic rings. The summed E-state index contributed by atoms with van der Waals surface area (Å²) in [7, 11) is 1.22. The zero-order valence-electron chi connectivity index (χ0n) is 15.2. The molecule has 0 aliphatic carbocycles. The number of amidine groups is 1. The summed E-state index contributed by atoms with van der Waals surface area (Å²) >= 11 is 0.960. The van der Waals surface area contributed by atoms with Crippen molar-refractivity contribution in [1.29, 1.82) is 0 Å². The molecule has 1 saturated heterocycles. The molecule has 0 aromatic heterocycles. The van der Waals surface area contributed by atoms with Crippen molar-refractivity contribution in [1.82, 2.24) is 5.32 Å². The number of nitrogens with one attached hydrogen (secondary N) is 1. The second-order valence-electron chi connectivity index (χ2n) is 5.62. The number of nitrogens with zero attached hydrogens (tertiary/aromatic N) is 2. The number of rotatable bonds is 7. The number of hydrogen-bond donors (Lipinski definition) is 1. The zero-order chi connectivity index (χ0) is 19.8. The lowest BCUT2D eigenvalue weighted by Gasteiger charge is -2.11. The van der Waals surface area contributed by atoms with Gasteiger partial charge in [-0.1, -0.05) is 19.1 Å². The Kier molecular flexibility index (Phi) is 7.68. The minimum atomic E-state index is -0.634. The Balaban J connectivity index is 1.99. The van der Waals surface area contributed by atoms with Crippen LogP contribution in [-0.4, -0.2) is 36.5 Å². The van der Waals surface area contributed by atoms with Crippen LogP contribution in [0, 0.1) is 5.82 Å². The van der Waals surface area contributed by atoms with Gasteiger partial charge < -0.3 is 9.47 Å². The molecule has 1 N–H and O–H groups in total. The molecule has 7 nitrogen and oxygen atoms in total. The van der Waals surface area contributed by atoms with Crippen molar-refractivity contribution in [2.24, 2.45) is 10.2 Å². The summed E-state index contributed by atoms with van der Waals surface area (Å²) in [6.45, 7) is 4.14. The van der Waals surface area contributed by atoms with E-state index in [1.54, 1.807) is 12.1 Å². The monoisotopic (exact) mass is 393 g/mol. The smallest absolute Gasteiger partial charge is 0.331 e. The molecule has 1 atom stereocenters. The molecular formula is C18H20FN3O4S. The number of methoxy groups -OCH3 is 1. The Morgan fingerprint density at radius 2 is 2.22 bits per heavy atom. The van der Waals surface area contributed by atoms with E-state index in [1.165, 1.54) is 19.4 Å². The molecule has 144 valence electrons. The summed E-state index contributed by atoms with van der Waals surface area (Å²) in [4.78, 5) is 23.0. The fourth-order valence-electron chi connectivity index (χ4n) is 1.90. The van der Waals surface area contributed by atoms with Crippen LogP contribution in [0.5, 0.6) is 0 Å². The number of benzene rings is 1. The molecule has 1 fully saturated rings. The lowest BCUT2D eigenvalue weighted by atomic mass is 10.1. The average Bonchev–Trinajstić information content (AvgIpc) is 2.99. The third-order valence-electron chi connectivity index (χ3n) is 3.63. The van der Waals surface area contributed by atoms with Gasteiger partial charge in [-0.15, -0.1) is 5.10 Å². The van der Waals surface area contributed by atoms with Gasteiger partial charge in [0.25, 0.3) is 5.91 Å². The molecule has 0 spiro atoms. The van der Waals surface area contributed by atoms with Crippen molar-refractivity contribution in [2.75, 3.05) is 7.11 Å². The summed E-state index contributed by atoms with van der Waals surface area (Å²) in [5, 5.41) is 10.4. The molecule has 1 unspecified atom stereocenters. The van der Waals surface area contributed by atoms with Crippen molar-refractivity contribution >= 4 is 35.0 Å². The van der Waals surface area contributed by atoms with Crippen LogP contribution < -0.4 is 5.32 Å². The summed E-state index contributed by atoms with van der Waals surface area (Å²) in [5.41, 5.74) is 0.985. The predicted molar refractivity (Wildman–Crippen MR) is 102 cm³/mol. The van der Waals surface area contributed by atoms with Gasteiger partial charge in [0, 0.05) is 11.6 Å². The van der Waals surface area contributed by atoms with Gasteiger partial charge in [-0.3, -0.25) is 10.1 Å². The number of carbonyl (C=O) groups excluding carboxylic acids is 2. The van der Waals surface area contributed by atoms with Crippen LogP contribution in [0.4, 0.5) is 4.39 Å². The maximum absolute atomic E-state index is 14.1. The molecule has 1 heterocycles. The molecule has 9 heteroatoms. The maximum atomic E-state index is 14.1. The van der Waals surface area contributed by atoms with Gasteiger partial charge in [-0.2, -0.15) is 5.10 Å². The van der Waals surface area contributed by atoms with Crippen molar-refractivity contribution in [3.8, 4) is 0 Å². The van der Waals surface area contributed by atoms with E-state index in [9.17, 15) is 14.0 Å². The molecule has 0 radical (unpaired) electrons. The van der Waals surface area contributed by atoms with Crippen LogP contribution in [0.15, 0.2) is 39.4 Å². The van der Waals surface area contributed by atoms with E-state index in [2.05, 4.69) is 20.3 Å². The first-order valence-corrected chi connectivity index (χ1v) is 9.04. The summed E-state index contributed by atoms with van der Waals surface area (Å²) < 4.78 is 24.1. The minimum Gasteiger partial charge on any atom is -0.466 e. The molecule has 1 amide bonds. The molecular weight excluding hydrogens is 373 g/mol. The summed E-state index contributed by atoms with van der Waals surface area (Å²) in [5.74, 6) is -1.48. The number of esters is 1. The Morgan fingerprint density at radius 3 is 2.89 bits per heavy atom. The third-order valence-corrected chi connectivity index (χ3v) is 4.53. The maximum Gasteiger partial charge on any atom is 0.331 e. The molecule has 1 aliphatic heterocycles. The largest absolute Gasteiger partial charge is 0.466 e. The van der Waals surface area contributed by atoms with Crippen LogP contribution >= 0.6 is 11.8 Å². The first-order valence-electron chi connectivity index (χ1n) is 8.22. The highest BCUT2D eigenvalue weighted by atomic mass is 32.2. The predicted octanol–water partition coefficient (Wildman–Crippen LogP) is 2.75. The van der Waals surface area contributed by atoms with E-state index in [-0.39, 0.29) is 28.6 Å². The van der Waals surface area contributed by atoms with Crippen LogP contribution in [0.25, 0.3) is 0 Å². The molecule has 1 aromatic rings.